The van der Waals surface area contributed by atoms with E-state index in [1.807, 2.05) is 56.3 Å². The highest BCUT2D eigenvalue weighted by Gasteiger charge is 2.40. The number of imide groups is 1. The van der Waals surface area contributed by atoms with Crippen molar-refractivity contribution in [2.75, 3.05) is 16.8 Å². The van der Waals surface area contributed by atoms with Gasteiger partial charge in [0, 0.05) is 5.69 Å². The third-order valence-electron chi connectivity index (χ3n) is 3.57. The van der Waals surface area contributed by atoms with Crippen molar-refractivity contribution in [2.45, 2.75) is 19.2 Å². The molecule has 1 N–H and O–H groups in total. The molecular weight excluding hydrogens is 324 g/mol. The van der Waals surface area contributed by atoms with Gasteiger partial charge in [-0.3, -0.25) is 9.59 Å². The van der Waals surface area contributed by atoms with Crippen molar-refractivity contribution < 1.29 is 14.3 Å². The van der Waals surface area contributed by atoms with Crippen LogP contribution in [0.1, 0.15) is 12.5 Å². The Morgan fingerprint density at radius 1 is 1.17 bits per heavy atom. The number of rotatable bonds is 5. The molecule has 1 aliphatic rings. The number of benzene rings is 2. The molecule has 5 nitrogen and oxygen atoms in total. The molecule has 0 radical (unpaired) electrons. The van der Waals surface area contributed by atoms with Gasteiger partial charge in [-0.05, 0) is 67.6 Å². The lowest BCUT2D eigenvalue weighted by Crippen LogP contribution is -2.34. The van der Waals surface area contributed by atoms with Crippen LogP contribution < -0.4 is 15.0 Å². The van der Waals surface area contributed by atoms with Crippen LogP contribution in [0, 0.1) is 6.92 Å². The van der Waals surface area contributed by atoms with Crippen molar-refractivity contribution in [3.05, 3.63) is 54.1 Å². The van der Waals surface area contributed by atoms with Crippen molar-refractivity contribution in [2.24, 2.45) is 0 Å². The molecule has 1 aliphatic heterocycles. The highest BCUT2D eigenvalue weighted by atomic mass is 32.2. The maximum absolute atomic E-state index is 12.6. The van der Waals surface area contributed by atoms with Gasteiger partial charge in [0.05, 0.1) is 12.3 Å². The molecule has 0 aliphatic carbocycles. The van der Waals surface area contributed by atoms with Gasteiger partial charge < -0.3 is 10.1 Å². The molecule has 24 heavy (non-hydrogen) atoms. The Balaban J connectivity index is 1.74. The molecule has 0 saturated carbocycles. The maximum atomic E-state index is 12.6. The van der Waals surface area contributed by atoms with Gasteiger partial charge in [-0.1, -0.05) is 12.1 Å². The minimum Gasteiger partial charge on any atom is -0.494 e. The fourth-order valence-corrected chi connectivity index (χ4v) is 3.37. The largest absolute Gasteiger partial charge is 0.494 e. The molecule has 0 spiro atoms. The standard InChI is InChI=1S/C18H18N2O3S/c1-3-23-15-9-7-13(8-10-15)19-16-17(21)20(18(22)24-16)14-6-4-5-12(2)11-14/h4-11,16,19H,3H2,1-2H3. The van der Waals surface area contributed by atoms with E-state index < -0.39 is 5.37 Å². The van der Waals surface area contributed by atoms with Crippen LogP contribution in [0.2, 0.25) is 0 Å². The number of anilines is 2. The first-order chi connectivity index (χ1) is 11.6. The first-order valence-electron chi connectivity index (χ1n) is 7.69. The lowest BCUT2D eigenvalue weighted by Gasteiger charge is -2.15. The van der Waals surface area contributed by atoms with Gasteiger partial charge in [0.25, 0.3) is 11.1 Å². The van der Waals surface area contributed by atoms with Crippen molar-refractivity contribution in [3.63, 3.8) is 0 Å². The van der Waals surface area contributed by atoms with Crippen molar-refractivity contribution in [1.29, 1.82) is 0 Å². The Labute approximate surface area is 145 Å². The second-order valence-electron chi connectivity index (χ2n) is 5.38. The average Bonchev–Trinajstić information content (AvgIpc) is 2.83. The van der Waals surface area contributed by atoms with Crippen LogP contribution in [-0.2, 0) is 4.79 Å². The number of hydrogen-bond donors (Lipinski definition) is 1. The first-order valence-corrected chi connectivity index (χ1v) is 8.57. The Bertz CT molecular complexity index is 761. The summed E-state index contributed by atoms with van der Waals surface area (Å²) < 4.78 is 5.39. The van der Waals surface area contributed by atoms with Crippen molar-refractivity contribution >= 4 is 34.3 Å². The molecule has 0 aromatic heterocycles. The third kappa shape index (κ3) is 3.38. The topological polar surface area (TPSA) is 58.6 Å². The normalized spacial score (nSPS) is 17.2. The van der Waals surface area contributed by atoms with Gasteiger partial charge in [0.1, 0.15) is 5.75 Å². The fraction of sp³-hybridized carbons (Fsp3) is 0.222. The summed E-state index contributed by atoms with van der Waals surface area (Å²) in [6, 6.07) is 14.7. The van der Waals surface area contributed by atoms with Crippen molar-refractivity contribution in [3.8, 4) is 5.75 Å². The Morgan fingerprint density at radius 2 is 1.92 bits per heavy atom. The minimum absolute atomic E-state index is 0.260. The molecule has 2 amide bonds. The number of carbonyl (C=O) groups excluding carboxylic acids is 2. The number of ether oxygens (including phenoxy) is 1. The summed E-state index contributed by atoms with van der Waals surface area (Å²) in [5, 5.41) is 2.20. The smallest absolute Gasteiger partial charge is 0.295 e. The Hall–Kier alpha value is -2.47. The quantitative estimate of drug-likeness (QED) is 0.889. The zero-order valence-electron chi connectivity index (χ0n) is 13.5. The van der Waals surface area contributed by atoms with Crippen molar-refractivity contribution in [1.82, 2.24) is 0 Å². The summed E-state index contributed by atoms with van der Waals surface area (Å²) >= 11 is 0.987. The van der Waals surface area contributed by atoms with Gasteiger partial charge in [0.2, 0.25) is 0 Å². The van der Waals surface area contributed by atoms with Gasteiger partial charge in [-0.2, -0.15) is 0 Å². The average molecular weight is 342 g/mol. The molecule has 1 saturated heterocycles. The maximum Gasteiger partial charge on any atom is 0.295 e. The molecule has 1 atom stereocenters. The lowest BCUT2D eigenvalue weighted by atomic mass is 10.2. The number of thioether (sulfide) groups is 1. The lowest BCUT2D eigenvalue weighted by molar-refractivity contribution is -0.116. The second-order valence-corrected chi connectivity index (χ2v) is 6.43. The van der Waals surface area contributed by atoms with E-state index in [9.17, 15) is 9.59 Å². The number of nitrogens with one attached hydrogen (secondary N) is 1. The SMILES string of the molecule is CCOc1ccc(NC2SC(=O)N(c3cccc(C)c3)C2=O)cc1. The highest BCUT2D eigenvalue weighted by molar-refractivity contribution is 8.16. The Morgan fingerprint density at radius 3 is 2.58 bits per heavy atom. The second kappa shape index (κ2) is 6.97. The van der Waals surface area contributed by atoms with E-state index in [2.05, 4.69) is 5.32 Å². The molecule has 2 aromatic carbocycles. The van der Waals surface area contributed by atoms with E-state index in [-0.39, 0.29) is 11.1 Å². The van der Waals surface area contributed by atoms with Gasteiger partial charge >= 0.3 is 0 Å². The summed E-state index contributed by atoms with van der Waals surface area (Å²) in [7, 11) is 0. The minimum atomic E-state index is -0.629. The van der Waals surface area contributed by atoms with E-state index in [4.69, 9.17) is 4.74 Å². The van der Waals surface area contributed by atoms with Crippen LogP contribution in [0.3, 0.4) is 0 Å². The molecule has 6 heteroatoms. The van der Waals surface area contributed by atoms with E-state index >= 15 is 0 Å². The number of hydrogen-bond acceptors (Lipinski definition) is 5. The Kier molecular flexibility index (Phi) is 4.76. The van der Waals surface area contributed by atoms with Crippen LogP contribution in [0.15, 0.2) is 48.5 Å². The molecule has 2 aromatic rings. The molecule has 1 fully saturated rings. The van der Waals surface area contributed by atoms with Crippen LogP contribution in [0.4, 0.5) is 16.2 Å². The van der Waals surface area contributed by atoms with Crippen LogP contribution >= 0.6 is 11.8 Å². The summed E-state index contributed by atoms with van der Waals surface area (Å²) in [4.78, 5) is 26.1. The summed E-state index contributed by atoms with van der Waals surface area (Å²) in [6.07, 6.45) is 0. The summed E-state index contributed by atoms with van der Waals surface area (Å²) in [5.74, 6) is 0.510. The van der Waals surface area contributed by atoms with Crippen LogP contribution in [0.5, 0.6) is 5.75 Å². The van der Waals surface area contributed by atoms with E-state index in [1.54, 1.807) is 6.07 Å². The first kappa shape index (κ1) is 16.4. The fourth-order valence-electron chi connectivity index (χ4n) is 2.47. The monoisotopic (exact) mass is 342 g/mol. The summed E-state index contributed by atoms with van der Waals surface area (Å²) in [5.41, 5.74) is 2.37. The molecule has 1 unspecified atom stereocenters. The molecule has 1 heterocycles. The van der Waals surface area contributed by atoms with Crippen LogP contribution in [0.25, 0.3) is 0 Å². The predicted molar refractivity (Wildman–Crippen MR) is 96.7 cm³/mol. The number of carbonyl (C=O) groups is 2. The molecule has 3 rings (SSSR count). The van der Waals surface area contributed by atoms with Gasteiger partial charge in [-0.15, -0.1) is 0 Å². The summed E-state index contributed by atoms with van der Waals surface area (Å²) in [6.45, 7) is 4.45. The molecule has 124 valence electrons. The number of nitrogens with zero attached hydrogens (tertiary/aromatic N) is 1. The van der Waals surface area contributed by atoms with E-state index in [0.29, 0.717) is 12.3 Å². The number of amides is 2. The molecular formula is C18H18N2O3S. The van der Waals surface area contributed by atoms with Crippen LogP contribution in [-0.4, -0.2) is 23.1 Å². The van der Waals surface area contributed by atoms with E-state index in [1.165, 1.54) is 4.90 Å². The molecule has 0 bridgehead atoms. The third-order valence-corrected chi connectivity index (χ3v) is 4.51. The number of aryl methyl sites for hydroxylation is 1. The van der Waals surface area contributed by atoms with E-state index in [0.717, 1.165) is 28.8 Å². The zero-order chi connectivity index (χ0) is 17.1. The van der Waals surface area contributed by atoms with Gasteiger partial charge in [0.15, 0.2) is 5.37 Å². The zero-order valence-corrected chi connectivity index (χ0v) is 14.3. The predicted octanol–water partition coefficient (Wildman–Crippen LogP) is 4.03. The highest BCUT2D eigenvalue weighted by Crippen LogP contribution is 2.33. The van der Waals surface area contributed by atoms with Gasteiger partial charge in [-0.25, -0.2) is 4.90 Å².